The number of aromatic nitrogens is 1. The van der Waals surface area contributed by atoms with Crippen LogP contribution < -0.4 is 10.1 Å². The van der Waals surface area contributed by atoms with Gasteiger partial charge in [-0.25, -0.2) is 4.98 Å². The van der Waals surface area contributed by atoms with E-state index in [1.807, 2.05) is 38.2 Å². The van der Waals surface area contributed by atoms with Crippen molar-refractivity contribution in [1.29, 1.82) is 0 Å². The van der Waals surface area contributed by atoms with Crippen molar-refractivity contribution in [1.82, 2.24) is 15.2 Å². The summed E-state index contributed by atoms with van der Waals surface area (Å²) in [5.41, 5.74) is 2.10. The van der Waals surface area contributed by atoms with Gasteiger partial charge in [0.15, 0.2) is 5.96 Å². The summed E-state index contributed by atoms with van der Waals surface area (Å²) in [6.07, 6.45) is 0. The average Bonchev–Trinajstić information content (AvgIpc) is 3.03. The number of para-hydroxylation sites is 1. The van der Waals surface area contributed by atoms with Crippen LogP contribution in [-0.2, 0) is 17.9 Å². The molecule has 1 N–H and O–H groups in total. The summed E-state index contributed by atoms with van der Waals surface area (Å²) in [5, 5.41) is 6.46. The van der Waals surface area contributed by atoms with Crippen LogP contribution in [0.4, 0.5) is 0 Å². The van der Waals surface area contributed by atoms with E-state index in [1.54, 1.807) is 25.5 Å². The van der Waals surface area contributed by atoms with E-state index in [-0.39, 0.29) is 24.0 Å². The van der Waals surface area contributed by atoms with Gasteiger partial charge in [-0.05, 0) is 13.0 Å². The Morgan fingerprint density at radius 2 is 2.12 bits per heavy atom. The van der Waals surface area contributed by atoms with Crippen LogP contribution in [0.25, 0.3) is 0 Å². The molecular formula is C18H27IN4O2S. The molecule has 1 heterocycles. The van der Waals surface area contributed by atoms with E-state index in [9.17, 15) is 0 Å². The number of hydrogen-bond donors (Lipinski definition) is 1. The smallest absolute Gasteiger partial charge is 0.193 e. The maximum absolute atomic E-state index is 5.73. The van der Waals surface area contributed by atoms with Gasteiger partial charge >= 0.3 is 0 Å². The van der Waals surface area contributed by atoms with E-state index >= 15 is 0 Å². The summed E-state index contributed by atoms with van der Waals surface area (Å²) in [7, 11) is 5.45. The molecule has 8 heteroatoms. The van der Waals surface area contributed by atoms with Gasteiger partial charge in [-0.2, -0.15) is 0 Å². The second-order valence-electron chi connectivity index (χ2n) is 5.55. The molecular weight excluding hydrogens is 463 g/mol. The molecule has 0 saturated carbocycles. The first-order chi connectivity index (χ1) is 12.1. The fourth-order valence-corrected chi connectivity index (χ4v) is 3.03. The SMILES string of the molecule is CN=C(NCCOCc1ccccc1OC)N(C)Cc1csc(C)n1.I. The topological polar surface area (TPSA) is 59.0 Å². The van der Waals surface area contributed by atoms with Gasteiger partial charge in [0.2, 0.25) is 0 Å². The van der Waals surface area contributed by atoms with Crippen molar-refractivity contribution in [2.75, 3.05) is 34.4 Å². The third-order valence-electron chi connectivity index (χ3n) is 3.62. The van der Waals surface area contributed by atoms with Crippen LogP contribution in [0.2, 0.25) is 0 Å². The van der Waals surface area contributed by atoms with Gasteiger partial charge in [-0.15, -0.1) is 35.3 Å². The van der Waals surface area contributed by atoms with Gasteiger partial charge in [0.25, 0.3) is 0 Å². The molecule has 0 spiro atoms. The predicted octanol–water partition coefficient (Wildman–Crippen LogP) is 3.30. The van der Waals surface area contributed by atoms with Gasteiger partial charge in [0, 0.05) is 31.6 Å². The van der Waals surface area contributed by atoms with Gasteiger partial charge in [-0.3, -0.25) is 4.99 Å². The lowest BCUT2D eigenvalue weighted by Crippen LogP contribution is -2.40. The van der Waals surface area contributed by atoms with Crippen LogP contribution in [0.1, 0.15) is 16.3 Å². The summed E-state index contributed by atoms with van der Waals surface area (Å²) < 4.78 is 11.1. The number of ether oxygens (including phenoxy) is 2. The number of benzene rings is 1. The maximum atomic E-state index is 5.73. The second kappa shape index (κ2) is 12.1. The van der Waals surface area contributed by atoms with E-state index < -0.39 is 0 Å². The van der Waals surface area contributed by atoms with Crippen molar-refractivity contribution in [2.24, 2.45) is 4.99 Å². The zero-order chi connectivity index (χ0) is 18.1. The number of guanidine groups is 1. The molecule has 1 aromatic carbocycles. The van der Waals surface area contributed by atoms with Crippen LogP contribution in [-0.4, -0.2) is 50.2 Å². The van der Waals surface area contributed by atoms with Crippen molar-refractivity contribution in [3.8, 4) is 5.75 Å². The number of methoxy groups -OCH3 is 1. The molecule has 6 nitrogen and oxygen atoms in total. The Bertz CT molecular complexity index is 693. The maximum Gasteiger partial charge on any atom is 0.193 e. The molecule has 144 valence electrons. The van der Waals surface area contributed by atoms with Gasteiger partial charge in [0.05, 0.1) is 37.6 Å². The second-order valence-corrected chi connectivity index (χ2v) is 6.61. The van der Waals surface area contributed by atoms with Crippen LogP contribution in [0.15, 0.2) is 34.6 Å². The summed E-state index contributed by atoms with van der Waals surface area (Å²) in [5.74, 6) is 1.68. The number of nitrogens with zero attached hydrogens (tertiary/aromatic N) is 3. The summed E-state index contributed by atoms with van der Waals surface area (Å²) >= 11 is 1.66. The molecule has 0 unspecified atom stereocenters. The zero-order valence-corrected chi connectivity index (χ0v) is 18.8. The molecule has 26 heavy (non-hydrogen) atoms. The lowest BCUT2D eigenvalue weighted by Gasteiger charge is -2.21. The minimum atomic E-state index is 0. The molecule has 0 amide bonds. The minimum absolute atomic E-state index is 0. The average molecular weight is 490 g/mol. The first-order valence-corrected chi connectivity index (χ1v) is 9.04. The minimum Gasteiger partial charge on any atom is -0.496 e. The fraction of sp³-hybridized carbons (Fsp3) is 0.444. The molecule has 0 radical (unpaired) electrons. The molecule has 0 aliphatic carbocycles. The van der Waals surface area contributed by atoms with Crippen LogP contribution in [0, 0.1) is 6.92 Å². The highest BCUT2D eigenvalue weighted by Gasteiger charge is 2.08. The molecule has 2 aromatic rings. The Morgan fingerprint density at radius 3 is 2.77 bits per heavy atom. The van der Waals surface area contributed by atoms with Crippen molar-refractivity contribution >= 4 is 41.3 Å². The number of halogens is 1. The third kappa shape index (κ3) is 7.08. The van der Waals surface area contributed by atoms with E-state index in [1.165, 1.54) is 0 Å². The lowest BCUT2D eigenvalue weighted by atomic mass is 10.2. The van der Waals surface area contributed by atoms with Crippen molar-refractivity contribution in [3.63, 3.8) is 0 Å². The molecule has 1 aromatic heterocycles. The number of nitrogens with one attached hydrogen (secondary N) is 1. The Balaban J connectivity index is 0.00000338. The quantitative estimate of drug-likeness (QED) is 0.267. The number of aliphatic imine (C=N–C) groups is 1. The Morgan fingerprint density at radius 1 is 1.35 bits per heavy atom. The zero-order valence-electron chi connectivity index (χ0n) is 15.7. The van der Waals surface area contributed by atoms with E-state index in [2.05, 4.69) is 25.6 Å². The van der Waals surface area contributed by atoms with E-state index in [0.29, 0.717) is 19.8 Å². The van der Waals surface area contributed by atoms with Crippen LogP contribution in [0.3, 0.4) is 0 Å². The van der Waals surface area contributed by atoms with E-state index in [4.69, 9.17) is 9.47 Å². The number of hydrogen-bond acceptors (Lipinski definition) is 5. The van der Waals surface area contributed by atoms with Crippen molar-refractivity contribution < 1.29 is 9.47 Å². The van der Waals surface area contributed by atoms with Crippen LogP contribution in [0.5, 0.6) is 5.75 Å². The molecule has 0 atom stereocenters. The summed E-state index contributed by atoms with van der Waals surface area (Å²) in [6, 6.07) is 7.88. The number of thiazole rings is 1. The van der Waals surface area contributed by atoms with Crippen LogP contribution >= 0.6 is 35.3 Å². The first kappa shape index (κ1) is 22.7. The molecule has 0 saturated heterocycles. The molecule has 0 aliphatic heterocycles. The standard InChI is InChI=1S/C18H26N4O2S.HI/c1-14-21-16(13-25-14)11-22(3)18(19-2)20-9-10-24-12-15-7-5-6-8-17(15)23-4;/h5-8,13H,9-12H2,1-4H3,(H,19,20);1H. The molecule has 2 rings (SSSR count). The fourth-order valence-electron chi connectivity index (χ4n) is 2.42. The molecule has 0 fully saturated rings. The molecule has 0 aliphatic rings. The Hall–Kier alpha value is -1.39. The van der Waals surface area contributed by atoms with Gasteiger partial charge < -0.3 is 19.7 Å². The Kier molecular flexibility index (Phi) is 10.5. The first-order valence-electron chi connectivity index (χ1n) is 8.16. The van der Waals surface area contributed by atoms with Crippen molar-refractivity contribution in [3.05, 3.63) is 45.9 Å². The highest BCUT2D eigenvalue weighted by Crippen LogP contribution is 2.17. The normalized spacial score (nSPS) is 11.0. The summed E-state index contributed by atoms with van der Waals surface area (Å²) in [4.78, 5) is 10.8. The number of aryl methyl sites for hydroxylation is 1. The highest BCUT2D eigenvalue weighted by molar-refractivity contribution is 14.0. The number of rotatable bonds is 8. The largest absolute Gasteiger partial charge is 0.496 e. The lowest BCUT2D eigenvalue weighted by molar-refractivity contribution is 0.123. The third-order valence-corrected chi connectivity index (χ3v) is 4.44. The summed E-state index contributed by atoms with van der Waals surface area (Å²) in [6.45, 7) is 4.54. The Labute approximate surface area is 176 Å². The highest BCUT2D eigenvalue weighted by atomic mass is 127. The van der Waals surface area contributed by atoms with Gasteiger partial charge in [-0.1, -0.05) is 18.2 Å². The predicted molar refractivity (Wildman–Crippen MR) is 118 cm³/mol. The molecule has 0 bridgehead atoms. The monoisotopic (exact) mass is 490 g/mol. The van der Waals surface area contributed by atoms with Gasteiger partial charge in [0.1, 0.15) is 5.75 Å². The van der Waals surface area contributed by atoms with Crippen molar-refractivity contribution in [2.45, 2.75) is 20.1 Å². The van der Waals surface area contributed by atoms with E-state index in [0.717, 1.165) is 34.5 Å².